The predicted molar refractivity (Wildman–Crippen MR) is 84.8 cm³/mol. The van der Waals surface area contributed by atoms with Gasteiger partial charge in [0.05, 0.1) is 5.69 Å². The number of nitrogens with two attached hydrogens (primary N) is 1. The van der Waals surface area contributed by atoms with Gasteiger partial charge in [0.25, 0.3) is 11.8 Å². The van der Waals surface area contributed by atoms with Gasteiger partial charge in [0, 0.05) is 11.6 Å². The Morgan fingerprint density at radius 3 is 2.65 bits per heavy atom. The van der Waals surface area contributed by atoms with Gasteiger partial charge in [-0.3, -0.25) is 19.7 Å². The first-order valence-corrected chi connectivity index (χ1v) is 7.43. The predicted octanol–water partition coefficient (Wildman–Crippen LogP) is 0.586. The Kier molecular flexibility index (Phi) is 3.85. The Morgan fingerprint density at radius 2 is 2.00 bits per heavy atom. The number of hydrogen-bond acceptors (Lipinski definition) is 7. The molecular formula is C14H11N5O3S. The number of para-hydroxylation sites is 1. The molecule has 2 heterocycles. The number of anilines is 2. The number of benzene rings is 1. The van der Waals surface area contributed by atoms with Gasteiger partial charge in [0.2, 0.25) is 5.78 Å². The first-order valence-electron chi connectivity index (χ1n) is 6.55. The molecule has 1 unspecified atom stereocenters. The molecule has 3 N–H and O–H groups in total. The van der Waals surface area contributed by atoms with Crippen LogP contribution in [0.3, 0.4) is 0 Å². The van der Waals surface area contributed by atoms with E-state index in [4.69, 9.17) is 5.73 Å². The standard InChI is InChI=1S/C14H11N5O3S/c15-11-9(10(20)12(21)17-14-16-6-7-23-14)13(22)19(18-11)8-4-2-1-3-5-8/h1-7,9H,(H2,15,18)(H,16,17,21). The Morgan fingerprint density at radius 1 is 1.26 bits per heavy atom. The molecule has 23 heavy (non-hydrogen) atoms. The minimum atomic E-state index is -1.42. The lowest BCUT2D eigenvalue weighted by Crippen LogP contribution is -2.41. The molecule has 2 amide bonds. The van der Waals surface area contributed by atoms with E-state index in [1.807, 2.05) is 0 Å². The number of amidine groups is 1. The molecule has 0 aliphatic carbocycles. The highest BCUT2D eigenvalue weighted by atomic mass is 32.1. The largest absolute Gasteiger partial charge is 0.385 e. The van der Waals surface area contributed by atoms with Crippen LogP contribution in [0.25, 0.3) is 0 Å². The van der Waals surface area contributed by atoms with Gasteiger partial charge in [0.1, 0.15) is 5.84 Å². The van der Waals surface area contributed by atoms with Gasteiger partial charge in [-0.15, -0.1) is 11.3 Å². The van der Waals surface area contributed by atoms with Crippen LogP contribution in [-0.2, 0) is 14.4 Å². The number of hydrazone groups is 1. The first-order chi connectivity index (χ1) is 11.1. The molecule has 8 nitrogen and oxygen atoms in total. The fourth-order valence-electron chi connectivity index (χ4n) is 2.05. The summed E-state index contributed by atoms with van der Waals surface area (Å²) in [4.78, 5) is 40.4. The molecule has 3 rings (SSSR count). The second kappa shape index (κ2) is 5.97. The summed E-state index contributed by atoms with van der Waals surface area (Å²) in [5.74, 6) is -4.21. The number of nitrogens with zero attached hydrogens (tertiary/aromatic N) is 3. The summed E-state index contributed by atoms with van der Waals surface area (Å²) in [5, 5.41) is 9.15. The van der Waals surface area contributed by atoms with Crippen molar-refractivity contribution >= 4 is 45.6 Å². The van der Waals surface area contributed by atoms with Crippen LogP contribution in [0.2, 0.25) is 0 Å². The smallest absolute Gasteiger partial charge is 0.294 e. The molecule has 2 aromatic rings. The fourth-order valence-corrected chi connectivity index (χ4v) is 2.57. The molecule has 116 valence electrons. The molecule has 0 radical (unpaired) electrons. The van der Waals surface area contributed by atoms with Crippen molar-refractivity contribution < 1.29 is 14.4 Å². The number of rotatable bonds is 4. The topological polar surface area (TPSA) is 118 Å². The second-order valence-electron chi connectivity index (χ2n) is 4.60. The van der Waals surface area contributed by atoms with E-state index in [2.05, 4.69) is 15.4 Å². The van der Waals surface area contributed by atoms with Crippen molar-refractivity contribution in [2.24, 2.45) is 16.8 Å². The summed E-state index contributed by atoms with van der Waals surface area (Å²) >= 11 is 1.16. The molecule has 1 aliphatic heterocycles. The zero-order valence-corrected chi connectivity index (χ0v) is 12.5. The molecule has 1 aliphatic rings. The molecule has 0 spiro atoms. The summed E-state index contributed by atoms with van der Waals surface area (Å²) < 4.78 is 0. The van der Waals surface area contributed by atoms with Crippen molar-refractivity contribution in [1.82, 2.24) is 4.98 Å². The highest BCUT2D eigenvalue weighted by Gasteiger charge is 2.43. The quantitative estimate of drug-likeness (QED) is 0.628. The zero-order chi connectivity index (χ0) is 16.4. The summed E-state index contributed by atoms with van der Waals surface area (Å²) in [7, 11) is 0. The number of Topliss-reactive ketones (excluding diaryl/α,β-unsaturated/α-hetero) is 1. The lowest BCUT2D eigenvalue weighted by Gasteiger charge is -2.12. The number of thiazole rings is 1. The van der Waals surface area contributed by atoms with Gasteiger partial charge in [-0.2, -0.15) is 10.1 Å². The lowest BCUT2D eigenvalue weighted by molar-refractivity contribution is -0.138. The van der Waals surface area contributed by atoms with Gasteiger partial charge in [-0.05, 0) is 12.1 Å². The first kappa shape index (κ1) is 14.9. The van der Waals surface area contributed by atoms with Gasteiger partial charge in [-0.25, -0.2) is 4.98 Å². The van der Waals surface area contributed by atoms with Crippen LogP contribution in [0, 0.1) is 5.92 Å². The van der Waals surface area contributed by atoms with Gasteiger partial charge >= 0.3 is 0 Å². The van der Waals surface area contributed by atoms with Crippen LogP contribution in [0.1, 0.15) is 0 Å². The number of carbonyl (C=O) groups excluding carboxylic acids is 3. The third-order valence-corrected chi connectivity index (χ3v) is 3.79. The molecule has 1 aromatic carbocycles. The number of aromatic nitrogens is 1. The van der Waals surface area contributed by atoms with Crippen molar-refractivity contribution in [1.29, 1.82) is 0 Å². The molecule has 0 bridgehead atoms. The normalized spacial score (nSPS) is 17.0. The fraction of sp³-hybridized carbons (Fsp3) is 0.0714. The second-order valence-corrected chi connectivity index (χ2v) is 5.49. The SMILES string of the molecule is NC1=NN(c2ccccc2)C(=O)C1C(=O)C(=O)Nc1nccs1. The Balaban J connectivity index is 1.78. The van der Waals surface area contributed by atoms with E-state index < -0.39 is 23.5 Å². The van der Waals surface area contributed by atoms with Crippen molar-refractivity contribution in [2.45, 2.75) is 0 Å². The number of nitrogens with one attached hydrogen (secondary N) is 1. The average Bonchev–Trinajstić information content (AvgIpc) is 3.15. The zero-order valence-electron chi connectivity index (χ0n) is 11.7. The van der Waals surface area contributed by atoms with Crippen LogP contribution in [0.4, 0.5) is 10.8 Å². The van der Waals surface area contributed by atoms with Crippen molar-refractivity contribution in [2.75, 3.05) is 10.3 Å². The third-order valence-electron chi connectivity index (χ3n) is 3.11. The number of carbonyl (C=O) groups is 3. The molecular weight excluding hydrogens is 318 g/mol. The third kappa shape index (κ3) is 2.81. The molecule has 0 saturated heterocycles. The monoisotopic (exact) mass is 329 g/mol. The van der Waals surface area contributed by atoms with Crippen LogP contribution >= 0.6 is 11.3 Å². The number of hydrogen-bond donors (Lipinski definition) is 2. The van der Waals surface area contributed by atoms with Gasteiger partial charge in [0.15, 0.2) is 11.0 Å². The average molecular weight is 329 g/mol. The minimum Gasteiger partial charge on any atom is -0.385 e. The summed E-state index contributed by atoms with van der Waals surface area (Å²) in [6.07, 6.45) is 1.48. The van der Waals surface area contributed by atoms with E-state index >= 15 is 0 Å². The van der Waals surface area contributed by atoms with E-state index in [0.717, 1.165) is 16.3 Å². The van der Waals surface area contributed by atoms with Crippen molar-refractivity contribution in [3.63, 3.8) is 0 Å². The highest BCUT2D eigenvalue weighted by Crippen LogP contribution is 2.23. The molecule has 0 saturated carbocycles. The Hall–Kier alpha value is -3.07. The molecule has 1 aromatic heterocycles. The van der Waals surface area contributed by atoms with E-state index in [1.54, 1.807) is 35.7 Å². The van der Waals surface area contributed by atoms with E-state index in [0.29, 0.717) is 5.69 Å². The maximum absolute atomic E-state index is 12.4. The van der Waals surface area contributed by atoms with E-state index in [9.17, 15) is 14.4 Å². The molecule has 9 heteroatoms. The maximum atomic E-state index is 12.4. The van der Waals surface area contributed by atoms with Gasteiger partial charge in [-0.1, -0.05) is 18.2 Å². The summed E-state index contributed by atoms with van der Waals surface area (Å²) in [5.41, 5.74) is 6.15. The molecule has 0 fully saturated rings. The summed E-state index contributed by atoms with van der Waals surface area (Å²) in [6.45, 7) is 0. The minimum absolute atomic E-state index is 0.210. The number of ketones is 1. The van der Waals surface area contributed by atoms with Crippen LogP contribution in [-0.4, -0.2) is 28.4 Å². The number of amides is 2. The molecule has 1 atom stereocenters. The van der Waals surface area contributed by atoms with Crippen LogP contribution in [0.5, 0.6) is 0 Å². The lowest BCUT2D eigenvalue weighted by atomic mass is 10.0. The maximum Gasteiger partial charge on any atom is 0.294 e. The Labute approximate surface area is 134 Å². The highest BCUT2D eigenvalue weighted by molar-refractivity contribution is 7.13. The van der Waals surface area contributed by atoms with Crippen molar-refractivity contribution in [3.05, 3.63) is 41.9 Å². The summed E-state index contributed by atoms with van der Waals surface area (Å²) in [6, 6.07) is 8.52. The van der Waals surface area contributed by atoms with E-state index in [-0.39, 0.29) is 11.0 Å². The Bertz CT molecular complexity index is 788. The van der Waals surface area contributed by atoms with Gasteiger partial charge < -0.3 is 5.73 Å². The van der Waals surface area contributed by atoms with Crippen LogP contribution < -0.4 is 16.1 Å². The van der Waals surface area contributed by atoms with Crippen LogP contribution in [0.15, 0.2) is 47.0 Å². The van der Waals surface area contributed by atoms with Crippen molar-refractivity contribution in [3.8, 4) is 0 Å². The van der Waals surface area contributed by atoms with E-state index in [1.165, 1.54) is 6.20 Å².